The first-order valence-corrected chi connectivity index (χ1v) is 6.28. The van der Waals surface area contributed by atoms with Gasteiger partial charge in [0, 0.05) is 18.3 Å². The van der Waals surface area contributed by atoms with Crippen molar-refractivity contribution in [1.82, 2.24) is 0 Å². The third kappa shape index (κ3) is 2.74. The van der Waals surface area contributed by atoms with Crippen LogP contribution in [0.3, 0.4) is 0 Å². The van der Waals surface area contributed by atoms with E-state index in [1.54, 1.807) is 12.1 Å². The smallest absolute Gasteiger partial charge is 0.0748 e. The zero-order chi connectivity index (χ0) is 12.3. The molecular weight excluding hydrogens is 243 g/mol. The maximum absolute atomic E-state index is 6.20. The summed E-state index contributed by atoms with van der Waals surface area (Å²) in [6, 6.07) is 3.89. The van der Waals surface area contributed by atoms with E-state index in [1.807, 2.05) is 0 Å². The van der Waals surface area contributed by atoms with E-state index in [-0.39, 0.29) is 0 Å². The molecule has 1 atom stereocenters. The Balaban J connectivity index is 3.19. The van der Waals surface area contributed by atoms with Gasteiger partial charge >= 0.3 is 0 Å². The molecule has 0 radical (unpaired) electrons. The first kappa shape index (κ1) is 13.5. The van der Waals surface area contributed by atoms with Crippen molar-refractivity contribution in [2.75, 3.05) is 17.2 Å². The van der Waals surface area contributed by atoms with E-state index < -0.39 is 0 Å². The van der Waals surface area contributed by atoms with Crippen LogP contribution in [0.4, 0.5) is 11.4 Å². The van der Waals surface area contributed by atoms with Crippen LogP contribution in [0.5, 0.6) is 0 Å². The summed E-state index contributed by atoms with van der Waals surface area (Å²) >= 11 is 12.4. The van der Waals surface area contributed by atoms with Crippen LogP contribution in [0.1, 0.15) is 27.2 Å². The lowest BCUT2D eigenvalue weighted by atomic mass is 10.1. The fraction of sp³-hybridized carbons (Fsp3) is 0.500. The predicted octanol–water partition coefficient (Wildman–Crippen LogP) is 4.20. The molecule has 0 fully saturated rings. The van der Waals surface area contributed by atoms with Gasteiger partial charge in [0.15, 0.2) is 0 Å². The van der Waals surface area contributed by atoms with Gasteiger partial charge in [0.25, 0.3) is 0 Å². The van der Waals surface area contributed by atoms with Crippen molar-refractivity contribution in [2.45, 2.75) is 33.2 Å². The monoisotopic (exact) mass is 260 g/mol. The van der Waals surface area contributed by atoms with Gasteiger partial charge in [-0.2, -0.15) is 0 Å². The number of nitrogens with zero attached hydrogens (tertiary/aromatic N) is 1. The predicted molar refractivity (Wildman–Crippen MR) is 73.6 cm³/mol. The highest BCUT2D eigenvalue weighted by Gasteiger charge is 2.17. The quantitative estimate of drug-likeness (QED) is 0.823. The van der Waals surface area contributed by atoms with Crippen molar-refractivity contribution >= 4 is 34.6 Å². The van der Waals surface area contributed by atoms with E-state index in [9.17, 15) is 0 Å². The van der Waals surface area contributed by atoms with Crippen LogP contribution in [0.2, 0.25) is 10.0 Å². The van der Waals surface area contributed by atoms with Crippen molar-refractivity contribution in [3.63, 3.8) is 0 Å². The molecule has 0 bridgehead atoms. The lowest BCUT2D eigenvalue weighted by Crippen LogP contribution is -2.32. The Kier molecular flexibility index (Phi) is 4.75. The highest BCUT2D eigenvalue weighted by atomic mass is 35.5. The second-order valence-corrected chi connectivity index (χ2v) is 4.69. The zero-order valence-electron chi connectivity index (χ0n) is 9.93. The summed E-state index contributed by atoms with van der Waals surface area (Å²) in [6.45, 7) is 7.27. The molecule has 0 saturated heterocycles. The fourth-order valence-electron chi connectivity index (χ4n) is 1.77. The molecule has 1 aromatic carbocycles. The average molecular weight is 261 g/mol. The van der Waals surface area contributed by atoms with Crippen LogP contribution >= 0.6 is 23.2 Å². The second kappa shape index (κ2) is 5.65. The van der Waals surface area contributed by atoms with Gasteiger partial charge in [0.05, 0.1) is 15.7 Å². The van der Waals surface area contributed by atoms with Crippen LogP contribution in [0.15, 0.2) is 12.1 Å². The molecule has 2 N–H and O–H groups in total. The summed E-state index contributed by atoms with van der Waals surface area (Å²) in [7, 11) is 0. The zero-order valence-corrected chi connectivity index (χ0v) is 11.4. The summed E-state index contributed by atoms with van der Waals surface area (Å²) in [5.41, 5.74) is 7.17. The first-order valence-electron chi connectivity index (χ1n) is 5.52. The van der Waals surface area contributed by atoms with Crippen LogP contribution in [0, 0.1) is 0 Å². The van der Waals surface area contributed by atoms with Crippen LogP contribution < -0.4 is 10.6 Å². The molecule has 0 aliphatic rings. The Morgan fingerprint density at radius 2 is 1.75 bits per heavy atom. The lowest BCUT2D eigenvalue weighted by molar-refractivity contribution is 0.630. The summed E-state index contributed by atoms with van der Waals surface area (Å²) in [4.78, 5) is 2.20. The summed E-state index contributed by atoms with van der Waals surface area (Å²) in [5.74, 6) is 0. The molecule has 1 aromatic rings. The molecule has 0 aliphatic carbocycles. The van der Waals surface area contributed by atoms with Crippen LogP contribution in [-0.2, 0) is 0 Å². The van der Waals surface area contributed by atoms with E-state index in [0.717, 1.165) is 18.7 Å². The number of nitrogen functional groups attached to an aromatic ring is 1. The number of hydrogen-bond acceptors (Lipinski definition) is 2. The van der Waals surface area contributed by atoms with E-state index in [2.05, 4.69) is 25.7 Å². The maximum atomic E-state index is 6.20. The second-order valence-electron chi connectivity index (χ2n) is 3.88. The Morgan fingerprint density at radius 1 is 1.25 bits per heavy atom. The van der Waals surface area contributed by atoms with E-state index in [0.29, 0.717) is 21.8 Å². The Hall–Kier alpha value is -0.600. The van der Waals surface area contributed by atoms with Crippen molar-refractivity contribution in [2.24, 2.45) is 0 Å². The van der Waals surface area contributed by atoms with E-state index in [4.69, 9.17) is 28.9 Å². The lowest BCUT2D eigenvalue weighted by Gasteiger charge is -2.31. The van der Waals surface area contributed by atoms with Crippen LogP contribution in [-0.4, -0.2) is 12.6 Å². The molecule has 2 nitrogen and oxygen atoms in total. The largest absolute Gasteiger partial charge is 0.399 e. The minimum Gasteiger partial charge on any atom is -0.399 e. The third-order valence-electron chi connectivity index (χ3n) is 2.79. The molecule has 1 unspecified atom stereocenters. The van der Waals surface area contributed by atoms with Crippen molar-refractivity contribution < 1.29 is 0 Å². The van der Waals surface area contributed by atoms with E-state index in [1.165, 1.54) is 0 Å². The Morgan fingerprint density at radius 3 is 2.12 bits per heavy atom. The summed E-state index contributed by atoms with van der Waals surface area (Å²) in [5, 5.41) is 1.24. The van der Waals surface area contributed by atoms with Gasteiger partial charge in [-0.3, -0.25) is 0 Å². The average Bonchev–Trinajstić information content (AvgIpc) is 2.22. The Bertz CT molecular complexity index is 343. The fourth-order valence-corrected chi connectivity index (χ4v) is 2.49. The Labute approximate surface area is 107 Å². The molecule has 0 amide bonds. The number of nitrogens with two attached hydrogens (primary N) is 1. The molecular formula is C12H18Cl2N2. The molecule has 1 rings (SSSR count). The normalized spacial score (nSPS) is 12.6. The SMILES string of the molecule is CCC(C)N(CC)c1c(Cl)cc(N)cc1Cl. The third-order valence-corrected chi connectivity index (χ3v) is 3.37. The number of anilines is 2. The van der Waals surface area contributed by atoms with Crippen molar-refractivity contribution in [3.05, 3.63) is 22.2 Å². The summed E-state index contributed by atoms with van der Waals surface area (Å²) in [6.07, 6.45) is 1.05. The highest BCUT2D eigenvalue weighted by Crippen LogP contribution is 2.37. The van der Waals surface area contributed by atoms with Crippen molar-refractivity contribution in [3.8, 4) is 0 Å². The molecule has 0 heterocycles. The molecule has 0 spiro atoms. The minimum absolute atomic E-state index is 0.406. The van der Waals surface area contributed by atoms with Gasteiger partial charge in [-0.15, -0.1) is 0 Å². The minimum atomic E-state index is 0.406. The summed E-state index contributed by atoms with van der Waals surface area (Å²) < 4.78 is 0. The van der Waals surface area contributed by atoms with Gasteiger partial charge in [-0.25, -0.2) is 0 Å². The van der Waals surface area contributed by atoms with Gasteiger partial charge in [0.2, 0.25) is 0 Å². The highest BCUT2D eigenvalue weighted by molar-refractivity contribution is 6.39. The van der Waals surface area contributed by atoms with Crippen molar-refractivity contribution in [1.29, 1.82) is 0 Å². The van der Waals surface area contributed by atoms with Gasteiger partial charge in [-0.1, -0.05) is 30.1 Å². The maximum Gasteiger partial charge on any atom is 0.0748 e. The number of hydrogen-bond donors (Lipinski definition) is 1. The molecule has 16 heavy (non-hydrogen) atoms. The number of benzene rings is 1. The first-order chi connectivity index (χ1) is 7.51. The molecule has 0 saturated carbocycles. The number of halogens is 2. The van der Waals surface area contributed by atoms with Gasteiger partial charge in [-0.05, 0) is 32.4 Å². The molecule has 0 aromatic heterocycles. The van der Waals surface area contributed by atoms with E-state index >= 15 is 0 Å². The molecule has 0 aliphatic heterocycles. The topological polar surface area (TPSA) is 29.3 Å². The van der Waals surface area contributed by atoms with Crippen LogP contribution in [0.25, 0.3) is 0 Å². The molecule has 4 heteroatoms. The standard InChI is InChI=1S/C12H18Cl2N2/c1-4-8(3)16(5-2)12-10(13)6-9(15)7-11(12)14/h6-8H,4-5,15H2,1-3H3. The molecule has 90 valence electrons. The van der Waals surface area contributed by atoms with Gasteiger partial charge in [0.1, 0.15) is 0 Å². The van der Waals surface area contributed by atoms with Gasteiger partial charge < -0.3 is 10.6 Å². The number of rotatable bonds is 4.